The lowest BCUT2D eigenvalue weighted by Crippen LogP contribution is -2.56. The van der Waals surface area contributed by atoms with Crippen LogP contribution in [0.1, 0.15) is 29.5 Å². The molecule has 1 unspecified atom stereocenters. The van der Waals surface area contributed by atoms with Crippen molar-refractivity contribution in [3.8, 4) is 0 Å². The van der Waals surface area contributed by atoms with Crippen LogP contribution in [0.4, 0.5) is 10.5 Å². The monoisotopic (exact) mass is 516 g/mol. The Bertz CT molecular complexity index is 1190. The zero-order chi connectivity index (χ0) is 26.3. The van der Waals surface area contributed by atoms with Gasteiger partial charge in [0.1, 0.15) is 12.1 Å². The second kappa shape index (κ2) is 12.2. The van der Waals surface area contributed by atoms with Crippen LogP contribution in [0.5, 0.6) is 0 Å². The molecule has 0 aliphatic carbocycles. The van der Waals surface area contributed by atoms with Gasteiger partial charge in [0, 0.05) is 48.9 Å². The van der Waals surface area contributed by atoms with Crippen LogP contribution < -0.4 is 10.6 Å². The van der Waals surface area contributed by atoms with Crippen LogP contribution >= 0.6 is 0 Å². The van der Waals surface area contributed by atoms with E-state index in [4.69, 9.17) is 20.4 Å². The van der Waals surface area contributed by atoms with Crippen molar-refractivity contribution < 1.29 is 14.1 Å². The Balaban J connectivity index is 1.24. The van der Waals surface area contributed by atoms with Crippen LogP contribution in [0, 0.1) is 17.2 Å². The van der Waals surface area contributed by atoms with E-state index < -0.39 is 0 Å². The SMILES string of the molecule is N=C(N)c1cccc(N2CC(COCc3ccccc3)CN(CC3CCN(Cc4cnoc4)CC3)C2=O)c1. The Kier molecular flexibility index (Phi) is 8.35. The van der Waals surface area contributed by atoms with E-state index in [1.165, 1.54) is 0 Å². The van der Waals surface area contributed by atoms with E-state index in [-0.39, 0.29) is 17.8 Å². The number of amidine groups is 1. The Morgan fingerprint density at radius 3 is 2.61 bits per heavy atom. The van der Waals surface area contributed by atoms with Crippen LogP contribution in [-0.2, 0) is 17.9 Å². The van der Waals surface area contributed by atoms with E-state index in [0.29, 0.717) is 37.8 Å². The van der Waals surface area contributed by atoms with Crippen LogP contribution in [0.2, 0.25) is 0 Å². The number of nitrogens with zero attached hydrogens (tertiary/aromatic N) is 4. The maximum Gasteiger partial charge on any atom is 0.324 e. The molecule has 38 heavy (non-hydrogen) atoms. The van der Waals surface area contributed by atoms with Gasteiger partial charge in [0.2, 0.25) is 0 Å². The molecule has 2 aliphatic rings. The van der Waals surface area contributed by atoms with Gasteiger partial charge in [0.15, 0.2) is 0 Å². The van der Waals surface area contributed by atoms with Crippen molar-refractivity contribution in [2.75, 3.05) is 44.2 Å². The molecule has 2 aromatic carbocycles. The molecule has 3 heterocycles. The van der Waals surface area contributed by atoms with Gasteiger partial charge in [0.05, 0.1) is 19.4 Å². The second-order valence-electron chi connectivity index (χ2n) is 10.4. The highest BCUT2D eigenvalue weighted by Crippen LogP contribution is 2.27. The molecule has 2 saturated heterocycles. The maximum absolute atomic E-state index is 13.7. The van der Waals surface area contributed by atoms with E-state index >= 15 is 0 Å². The molecule has 1 atom stereocenters. The summed E-state index contributed by atoms with van der Waals surface area (Å²) in [5.41, 5.74) is 9.35. The van der Waals surface area contributed by atoms with Gasteiger partial charge >= 0.3 is 6.03 Å². The van der Waals surface area contributed by atoms with Crippen molar-refractivity contribution in [2.24, 2.45) is 17.6 Å². The largest absolute Gasteiger partial charge is 0.384 e. The molecule has 1 aromatic heterocycles. The fourth-order valence-electron chi connectivity index (χ4n) is 5.39. The number of hydrogen-bond donors (Lipinski definition) is 2. The summed E-state index contributed by atoms with van der Waals surface area (Å²) in [5, 5.41) is 11.6. The normalized spacial score (nSPS) is 19.2. The summed E-state index contributed by atoms with van der Waals surface area (Å²) in [6, 6.07) is 17.6. The lowest BCUT2D eigenvalue weighted by atomic mass is 9.95. The van der Waals surface area contributed by atoms with E-state index in [2.05, 4.69) is 22.2 Å². The van der Waals surface area contributed by atoms with Crippen molar-refractivity contribution in [3.63, 3.8) is 0 Å². The van der Waals surface area contributed by atoms with Gasteiger partial charge < -0.3 is 19.9 Å². The Morgan fingerprint density at radius 1 is 1.05 bits per heavy atom. The summed E-state index contributed by atoms with van der Waals surface area (Å²) in [6.45, 7) is 5.93. The molecule has 9 nitrogen and oxygen atoms in total. The molecule has 0 bridgehead atoms. The number of carbonyl (C=O) groups is 1. The van der Waals surface area contributed by atoms with Crippen molar-refractivity contribution >= 4 is 17.6 Å². The quantitative estimate of drug-likeness (QED) is 0.312. The highest BCUT2D eigenvalue weighted by Gasteiger charge is 2.35. The van der Waals surface area contributed by atoms with Gasteiger partial charge in [-0.1, -0.05) is 47.6 Å². The molecule has 5 rings (SSSR count). The molecule has 0 spiro atoms. The fraction of sp³-hybridized carbons (Fsp3) is 0.414. The summed E-state index contributed by atoms with van der Waals surface area (Å²) >= 11 is 0. The smallest absolute Gasteiger partial charge is 0.324 e. The summed E-state index contributed by atoms with van der Waals surface area (Å²) in [6.07, 6.45) is 5.57. The number of nitrogens with two attached hydrogens (primary N) is 1. The number of rotatable bonds is 10. The molecule has 3 aromatic rings. The molecule has 0 radical (unpaired) electrons. The molecule has 2 aliphatic heterocycles. The molecule has 200 valence electrons. The van der Waals surface area contributed by atoms with Crippen molar-refractivity contribution in [3.05, 3.63) is 83.7 Å². The minimum absolute atomic E-state index is 0.00568. The van der Waals surface area contributed by atoms with Crippen molar-refractivity contribution in [1.29, 1.82) is 5.41 Å². The highest BCUT2D eigenvalue weighted by atomic mass is 16.5. The van der Waals surface area contributed by atoms with Gasteiger partial charge in [-0.05, 0) is 49.5 Å². The fourth-order valence-corrected chi connectivity index (χ4v) is 5.39. The first-order valence-electron chi connectivity index (χ1n) is 13.3. The van der Waals surface area contributed by atoms with Gasteiger partial charge in [-0.3, -0.25) is 15.2 Å². The van der Waals surface area contributed by atoms with Crippen molar-refractivity contribution in [2.45, 2.75) is 26.0 Å². The molecule has 2 amide bonds. The number of urea groups is 1. The zero-order valence-corrected chi connectivity index (χ0v) is 21.7. The first-order chi connectivity index (χ1) is 18.5. The average molecular weight is 517 g/mol. The first-order valence-corrected chi connectivity index (χ1v) is 13.3. The van der Waals surface area contributed by atoms with E-state index in [9.17, 15) is 4.79 Å². The number of amides is 2. The second-order valence-corrected chi connectivity index (χ2v) is 10.4. The van der Waals surface area contributed by atoms with Gasteiger partial charge in [-0.2, -0.15) is 0 Å². The number of likely N-dealkylation sites (tertiary alicyclic amines) is 1. The number of nitrogen functional groups attached to an aromatic ring is 1. The summed E-state index contributed by atoms with van der Waals surface area (Å²) in [5.74, 6) is 0.618. The Morgan fingerprint density at radius 2 is 1.87 bits per heavy atom. The minimum Gasteiger partial charge on any atom is -0.384 e. The third-order valence-electron chi connectivity index (χ3n) is 7.43. The first kappa shape index (κ1) is 25.9. The summed E-state index contributed by atoms with van der Waals surface area (Å²) in [7, 11) is 0. The van der Waals surface area contributed by atoms with Crippen LogP contribution in [0.25, 0.3) is 0 Å². The van der Waals surface area contributed by atoms with Gasteiger partial charge in [-0.25, -0.2) is 4.79 Å². The van der Waals surface area contributed by atoms with E-state index in [1.807, 2.05) is 46.2 Å². The number of hydrogen-bond acceptors (Lipinski definition) is 6. The predicted octanol–water partition coefficient (Wildman–Crippen LogP) is 3.95. The van der Waals surface area contributed by atoms with Crippen molar-refractivity contribution in [1.82, 2.24) is 15.0 Å². The van der Waals surface area contributed by atoms with Crippen LogP contribution in [0.3, 0.4) is 0 Å². The molecule has 9 heteroatoms. The molecular weight excluding hydrogens is 480 g/mol. The molecule has 3 N–H and O–H groups in total. The lowest BCUT2D eigenvalue weighted by molar-refractivity contribution is 0.0643. The lowest BCUT2D eigenvalue weighted by Gasteiger charge is -2.42. The standard InChI is InChI=1S/C29H36N6O3/c30-28(31)26-7-4-8-27(13-26)35-18-25(20-37-19-23-5-2-1-3-6-23)17-34(29(35)36)16-22-9-11-33(12-10-22)15-24-14-32-38-21-24/h1-8,13-14,21-22,25H,9-12,15-20H2,(H3,30,31). The minimum atomic E-state index is -0.00568. The number of ether oxygens (including phenoxy) is 1. The van der Waals surface area contributed by atoms with Crippen LogP contribution in [-0.4, -0.2) is 66.2 Å². The molecule has 0 saturated carbocycles. The highest BCUT2D eigenvalue weighted by molar-refractivity contribution is 5.98. The topological polar surface area (TPSA) is 112 Å². The average Bonchev–Trinajstić information content (AvgIpc) is 3.45. The molecular formula is C29H36N6O3. The zero-order valence-electron chi connectivity index (χ0n) is 21.7. The Labute approximate surface area is 223 Å². The predicted molar refractivity (Wildman–Crippen MR) is 146 cm³/mol. The summed E-state index contributed by atoms with van der Waals surface area (Å²) in [4.78, 5) is 19.9. The Hall–Kier alpha value is -3.69. The summed E-state index contributed by atoms with van der Waals surface area (Å²) < 4.78 is 11.1. The number of benzene rings is 2. The number of anilines is 1. The number of aromatic nitrogens is 1. The maximum atomic E-state index is 13.7. The van der Waals surface area contributed by atoms with Crippen LogP contribution in [0.15, 0.2) is 71.6 Å². The van der Waals surface area contributed by atoms with E-state index in [1.54, 1.807) is 18.5 Å². The third-order valence-corrected chi connectivity index (χ3v) is 7.43. The van der Waals surface area contributed by atoms with Gasteiger partial charge in [-0.15, -0.1) is 0 Å². The van der Waals surface area contributed by atoms with E-state index in [0.717, 1.165) is 55.8 Å². The van der Waals surface area contributed by atoms with Gasteiger partial charge in [0.25, 0.3) is 0 Å². The number of carbonyl (C=O) groups excluding carboxylic acids is 1. The third kappa shape index (κ3) is 6.59. The molecule has 2 fully saturated rings. The number of piperidine rings is 1. The number of nitrogens with one attached hydrogen (secondary N) is 1.